The first-order valence-corrected chi connectivity index (χ1v) is 12.4. The Morgan fingerprint density at radius 3 is 2.57 bits per heavy atom. The summed E-state index contributed by atoms with van der Waals surface area (Å²) in [6, 6.07) is 19.7. The topological polar surface area (TPSA) is 67.9 Å². The predicted molar refractivity (Wildman–Crippen MR) is 135 cm³/mol. The molecule has 1 N–H and O–H groups in total. The third-order valence-electron chi connectivity index (χ3n) is 7.08. The van der Waals surface area contributed by atoms with Crippen LogP contribution in [0.5, 0.6) is 5.75 Å². The third-order valence-corrected chi connectivity index (χ3v) is 7.33. The highest BCUT2D eigenvalue weighted by atomic mass is 35.5. The minimum atomic E-state index is -0.571. The van der Waals surface area contributed by atoms with Gasteiger partial charge < -0.3 is 14.8 Å². The number of likely N-dealkylation sites (tertiary alicyclic amines) is 1. The molecule has 35 heavy (non-hydrogen) atoms. The molecule has 3 aromatic carbocycles. The van der Waals surface area contributed by atoms with Gasteiger partial charge in [0.1, 0.15) is 11.9 Å². The molecule has 2 atom stereocenters. The van der Waals surface area contributed by atoms with Gasteiger partial charge in [-0.15, -0.1) is 0 Å². The molecule has 0 aliphatic carbocycles. The SMILES string of the molecule is COc1ccc2ccccc2c1CN1CCC(NC(=O)[C@H]2CC(=O)O[C@H]2c2ccc(Cl)cc2)CC1. The minimum Gasteiger partial charge on any atom is -0.496 e. The molecule has 2 saturated heterocycles. The van der Waals surface area contributed by atoms with Crippen molar-refractivity contribution in [3.63, 3.8) is 0 Å². The van der Waals surface area contributed by atoms with Crippen molar-refractivity contribution in [2.75, 3.05) is 20.2 Å². The van der Waals surface area contributed by atoms with Gasteiger partial charge in [-0.3, -0.25) is 14.5 Å². The lowest BCUT2D eigenvalue weighted by Crippen LogP contribution is -2.46. The van der Waals surface area contributed by atoms with E-state index in [0.717, 1.165) is 43.8 Å². The van der Waals surface area contributed by atoms with Crippen LogP contribution in [-0.4, -0.2) is 43.0 Å². The van der Waals surface area contributed by atoms with Crippen LogP contribution in [0.25, 0.3) is 10.8 Å². The van der Waals surface area contributed by atoms with Crippen LogP contribution in [0.15, 0.2) is 60.7 Å². The summed E-state index contributed by atoms with van der Waals surface area (Å²) in [6.07, 6.45) is 1.23. The number of cyclic esters (lactones) is 1. The fourth-order valence-corrected chi connectivity index (χ4v) is 5.30. The molecule has 2 aliphatic heterocycles. The van der Waals surface area contributed by atoms with Crippen LogP contribution >= 0.6 is 11.6 Å². The van der Waals surface area contributed by atoms with E-state index in [4.69, 9.17) is 21.1 Å². The Kier molecular flexibility index (Phi) is 6.93. The number of methoxy groups -OCH3 is 1. The van der Waals surface area contributed by atoms with Gasteiger partial charge >= 0.3 is 5.97 Å². The number of nitrogens with one attached hydrogen (secondary N) is 1. The van der Waals surface area contributed by atoms with Crippen LogP contribution in [-0.2, 0) is 20.9 Å². The predicted octanol–water partition coefficient (Wildman–Crippen LogP) is 4.89. The number of rotatable bonds is 6. The summed E-state index contributed by atoms with van der Waals surface area (Å²) in [5.74, 6) is -0.0890. The largest absolute Gasteiger partial charge is 0.496 e. The summed E-state index contributed by atoms with van der Waals surface area (Å²) >= 11 is 5.99. The van der Waals surface area contributed by atoms with Crippen LogP contribution in [0.4, 0.5) is 0 Å². The number of nitrogens with zero attached hydrogens (tertiary/aromatic N) is 1. The highest BCUT2D eigenvalue weighted by Gasteiger charge is 2.41. The maximum atomic E-state index is 13.1. The molecule has 0 saturated carbocycles. The summed E-state index contributed by atoms with van der Waals surface area (Å²) < 4.78 is 11.1. The number of amides is 1. The van der Waals surface area contributed by atoms with Gasteiger partial charge in [-0.05, 0) is 47.4 Å². The van der Waals surface area contributed by atoms with Crippen molar-refractivity contribution in [3.05, 3.63) is 76.8 Å². The Hall–Kier alpha value is -3.09. The summed E-state index contributed by atoms with van der Waals surface area (Å²) in [6.45, 7) is 2.55. The zero-order valence-corrected chi connectivity index (χ0v) is 20.5. The number of fused-ring (bicyclic) bond motifs is 1. The van der Waals surface area contributed by atoms with E-state index in [1.165, 1.54) is 16.3 Å². The zero-order valence-electron chi connectivity index (χ0n) is 19.7. The molecule has 5 rings (SSSR count). The lowest BCUT2D eigenvalue weighted by molar-refractivity contribution is -0.141. The van der Waals surface area contributed by atoms with E-state index in [9.17, 15) is 9.59 Å². The van der Waals surface area contributed by atoms with Crippen molar-refractivity contribution in [2.24, 2.45) is 5.92 Å². The molecule has 0 aromatic heterocycles. The minimum absolute atomic E-state index is 0.0785. The summed E-state index contributed by atoms with van der Waals surface area (Å²) in [4.78, 5) is 27.5. The Morgan fingerprint density at radius 1 is 1.09 bits per heavy atom. The number of halogens is 1. The van der Waals surface area contributed by atoms with Crippen molar-refractivity contribution < 1.29 is 19.1 Å². The number of carbonyl (C=O) groups excluding carboxylic acids is 2. The Bertz CT molecular complexity index is 1220. The van der Waals surface area contributed by atoms with Gasteiger partial charge in [0.05, 0.1) is 19.4 Å². The second-order valence-corrected chi connectivity index (χ2v) is 9.74. The van der Waals surface area contributed by atoms with Gasteiger partial charge in [0.25, 0.3) is 0 Å². The fraction of sp³-hybridized carbons (Fsp3) is 0.357. The third kappa shape index (κ3) is 5.14. The normalized spacial score (nSPS) is 21.1. The molecule has 0 spiro atoms. The molecular formula is C28H29ClN2O4. The van der Waals surface area contributed by atoms with Crippen LogP contribution in [0.2, 0.25) is 5.02 Å². The highest BCUT2D eigenvalue weighted by molar-refractivity contribution is 6.30. The van der Waals surface area contributed by atoms with E-state index in [2.05, 4.69) is 34.5 Å². The van der Waals surface area contributed by atoms with Crippen molar-refractivity contribution in [3.8, 4) is 5.75 Å². The van der Waals surface area contributed by atoms with E-state index >= 15 is 0 Å². The molecule has 182 valence electrons. The second-order valence-electron chi connectivity index (χ2n) is 9.30. The van der Waals surface area contributed by atoms with Gasteiger partial charge in [0, 0.05) is 36.3 Å². The average Bonchev–Trinajstić information content (AvgIpc) is 3.27. The standard InChI is InChI=1S/C28H29ClN2O4/c1-34-25-11-8-18-4-2-3-5-22(18)24(25)17-31-14-12-21(13-15-31)30-28(33)23-16-26(32)35-27(23)19-6-9-20(29)10-7-19/h2-11,21,23,27H,12-17H2,1H3,(H,30,33)/t23-,27-/m0/s1. The molecule has 2 fully saturated rings. The molecule has 0 bridgehead atoms. The van der Waals surface area contributed by atoms with Crippen molar-refractivity contribution in [1.29, 1.82) is 0 Å². The Morgan fingerprint density at radius 2 is 1.83 bits per heavy atom. The Balaban J connectivity index is 1.20. The number of carbonyl (C=O) groups is 2. The maximum Gasteiger partial charge on any atom is 0.307 e. The van der Waals surface area contributed by atoms with Crippen molar-refractivity contribution >= 4 is 34.2 Å². The lowest BCUT2D eigenvalue weighted by Gasteiger charge is -2.33. The number of ether oxygens (including phenoxy) is 2. The van der Waals surface area contributed by atoms with Crippen molar-refractivity contribution in [2.45, 2.75) is 38.0 Å². The zero-order chi connectivity index (χ0) is 24.4. The lowest BCUT2D eigenvalue weighted by atomic mass is 9.93. The fourth-order valence-electron chi connectivity index (χ4n) is 5.18. The highest BCUT2D eigenvalue weighted by Crippen LogP contribution is 2.36. The number of piperidine rings is 1. The molecule has 1 amide bonds. The smallest absolute Gasteiger partial charge is 0.307 e. The molecule has 3 aromatic rings. The Labute approximate surface area is 210 Å². The number of hydrogen-bond donors (Lipinski definition) is 1. The van der Waals surface area contributed by atoms with Gasteiger partial charge in [-0.1, -0.05) is 54.1 Å². The number of esters is 1. The number of hydrogen-bond acceptors (Lipinski definition) is 5. The van der Waals surface area contributed by atoms with E-state index < -0.39 is 12.0 Å². The molecule has 2 heterocycles. The van der Waals surface area contributed by atoms with E-state index in [0.29, 0.717) is 5.02 Å². The van der Waals surface area contributed by atoms with E-state index in [1.807, 2.05) is 24.3 Å². The van der Waals surface area contributed by atoms with Crippen LogP contribution < -0.4 is 10.1 Å². The average molecular weight is 493 g/mol. The molecule has 7 heteroatoms. The van der Waals surface area contributed by atoms with Gasteiger partial charge in [-0.2, -0.15) is 0 Å². The first kappa shape index (κ1) is 23.6. The molecule has 2 aliphatic rings. The summed E-state index contributed by atoms with van der Waals surface area (Å²) in [7, 11) is 1.71. The molecule has 6 nitrogen and oxygen atoms in total. The monoisotopic (exact) mass is 492 g/mol. The van der Waals surface area contributed by atoms with Gasteiger partial charge in [-0.25, -0.2) is 0 Å². The van der Waals surface area contributed by atoms with Crippen molar-refractivity contribution in [1.82, 2.24) is 10.2 Å². The summed E-state index contributed by atoms with van der Waals surface area (Å²) in [5.41, 5.74) is 1.99. The van der Waals surface area contributed by atoms with E-state index in [-0.39, 0.29) is 24.3 Å². The summed E-state index contributed by atoms with van der Waals surface area (Å²) in [5, 5.41) is 6.20. The van der Waals surface area contributed by atoms with Gasteiger partial charge in [0.2, 0.25) is 5.91 Å². The number of benzene rings is 3. The second kappa shape index (κ2) is 10.3. The first-order valence-electron chi connectivity index (χ1n) is 12.0. The van der Waals surface area contributed by atoms with Crippen LogP contribution in [0.1, 0.15) is 36.5 Å². The van der Waals surface area contributed by atoms with Gasteiger partial charge in [0.15, 0.2) is 0 Å². The molecule has 0 radical (unpaired) electrons. The van der Waals surface area contributed by atoms with Crippen LogP contribution in [0, 0.1) is 5.92 Å². The molecular weight excluding hydrogens is 464 g/mol. The first-order chi connectivity index (χ1) is 17.0. The quantitative estimate of drug-likeness (QED) is 0.496. The molecule has 0 unspecified atom stereocenters. The maximum absolute atomic E-state index is 13.1. The van der Waals surface area contributed by atoms with Crippen LogP contribution in [0.3, 0.4) is 0 Å². The van der Waals surface area contributed by atoms with E-state index in [1.54, 1.807) is 19.2 Å².